The lowest BCUT2D eigenvalue weighted by atomic mass is 10.1. The van der Waals surface area contributed by atoms with Crippen LogP contribution in [0.25, 0.3) is 16.6 Å². The van der Waals surface area contributed by atoms with E-state index < -0.39 is 5.97 Å². The standard InChI is InChI=1S/C20H17N3O2/c1-13(22-25-15(3)24)20-14(2)23(17-7-5-4-6-8-17)19-10-9-16(12-21)11-18(19)20/h4-11H,1-3H3/b22-13+. The second kappa shape index (κ2) is 6.62. The molecule has 124 valence electrons. The van der Waals surface area contributed by atoms with Gasteiger partial charge in [0.15, 0.2) is 0 Å². The maximum absolute atomic E-state index is 11.1. The zero-order valence-electron chi connectivity index (χ0n) is 14.3. The molecule has 1 aromatic heterocycles. The minimum absolute atomic E-state index is 0.471. The number of para-hydroxylation sites is 1. The molecule has 0 spiro atoms. The predicted octanol–water partition coefficient (Wildman–Crippen LogP) is 4.10. The topological polar surface area (TPSA) is 67.4 Å². The lowest BCUT2D eigenvalue weighted by Crippen LogP contribution is -2.02. The molecule has 0 aliphatic heterocycles. The molecular formula is C20H17N3O2. The van der Waals surface area contributed by atoms with Gasteiger partial charge < -0.3 is 9.40 Å². The van der Waals surface area contributed by atoms with Crippen LogP contribution in [0.2, 0.25) is 0 Å². The van der Waals surface area contributed by atoms with E-state index in [2.05, 4.69) is 15.8 Å². The first kappa shape index (κ1) is 16.5. The molecule has 5 heteroatoms. The number of aromatic nitrogens is 1. The summed E-state index contributed by atoms with van der Waals surface area (Å²) < 4.78 is 2.11. The average Bonchev–Trinajstić information content (AvgIpc) is 2.91. The van der Waals surface area contributed by atoms with Crippen LogP contribution in [0.15, 0.2) is 53.7 Å². The van der Waals surface area contributed by atoms with Gasteiger partial charge in [-0.15, -0.1) is 0 Å². The molecule has 3 rings (SSSR count). The van der Waals surface area contributed by atoms with E-state index in [1.54, 1.807) is 13.0 Å². The third-order valence-corrected chi connectivity index (χ3v) is 4.02. The predicted molar refractivity (Wildman–Crippen MR) is 96.7 cm³/mol. The van der Waals surface area contributed by atoms with Crippen molar-refractivity contribution >= 4 is 22.6 Å². The fourth-order valence-electron chi connectivity index (χ4n) is 3.03. The van der Waals surface area contributed by atoms with Crippen molar-refractivity contribution in [2.45, 2.75) is 20.8 Å². The highest BCUT2D eigenvalue weighted by Gasteiger charge is 2.18. The number of rotatable bonds is 3. The van der Waals surface area contributed by atoms with E-state index in [4.69, 9.17) is 4.84 Å². The highest BCUT2D eigenvalue weighted by molar-refractivity contribution is 6.11. The number of fused-ring (bicyclic) bond motifs is 1. The number of carbonyl (C=O) groups is 1. The summed E-state index contributed by atoms with van der Waals surface area (Å²) in [7, 11) is 0. The molecule has 0 aliphatic rings. The van der Waals surface area contributed by atoms with Gasteiger partial charge in [-0.2, -0.15) is 5.26 Å². The van der Waals surface area contributed by atoms with Crippen LogP contribution in [0.1, 0.15) is 30.7 Å². The van der Waals surface area contributed by atoms with Gasteiger partial charge in [-0.05, 0) is 44.2 Å². The number of hydrogen-bond acceptors (Lipinski definition) is 4. The van der Waals surface area contributed by atoms with Crippen LogP contribution in [0.4, 0.5) is 0 Å². The van der Waals surface area contributed by atoms with Crippen molar-refractivity contribution in [2.75, 3.05) is 0 Å². The van der Waals surface area contributed by atoms with Crippen LogP contribution in [-0.4, -0.2) is 16.2 Å². The molecule has 1 heterocycles. The van der Waals surface area contributed by atoms with E-state index >= 15 is 0 Å². The Bertz CT molecular complexity index is 1020. The summed E-state index contributed by atoms with van der Waals surface area (Å²) in [6.07, 6.45) is 0. The summed E-state index contributed by atoms with van der Waals surface area (Å²) in [6, 6.07) is 17.7. The zero-order valence-corrected chi connectivity index (χ0v) is 14.3. The van der Waals surface area contributed by atoms with Crippen LogP contribution in [0.5, 0.6) is 0 Å². The summed E-state index contributed by atoms with van der Waals surface area (Å²) in [4.78, 5) is 15.9. The Morgan fingerprint density at radius 2 is 1.88 bits per heavy atom. The molecule has 0 radical (unpaired) electrons. The number of oxime groups is 1. The van der Waals surface area contributed by atoms with Crippen LogP contribution in [0, 0.1) is 18.3 Å². The third kappa shape index (κ3) is 3.02. The van der Waals surface area contributed by atoms with Crippen LogP contribution in [0.3, 0.4) is 0 Å². The van der Waals surface area contributed by atoms with Gasteiger partial charge in [0.05, 0.1) is 22.9 Å². The van der Waals surface area contributed by atoms with Crippen molar-refractivity contribution < 1.29 is 9.63 Å². The molecular weight excluding hydrogens is 314 g/mol. The summed E-state index contributed by atoms with van der Waals surface area (Å²) in [5, 5.41) is 14.1. The van der Waals surface area contributed by atoms with Crippen molar-refractivity contribution in [1.29, 1.82) is 5.26 Å². The summed E-state index contributed by atoms with van der Waals surface area (Å²) >= 11 is 0. The molecule has 0 amide bonds. The molecule has 0 N–H and O–H groups in total. The smallest absolute Gasteiger partial charge is 0.318 e. The number of hydrogen-bond donors (Lipinski definition) is 0. The van der Waals surface area contributed by atoms with Gasteiger partial charge in [0.25, 0.3) is 0 Å². The maximum Gasteiger partial charge on any atom is 0.331 e. The van der Waals surface area contributed by atoms with Gasteiger partial charge in [-0.25, -0.2) is 4.79 Å². The molecule has 0 unspecified atom stereocenters. The molecule has 0 saturated carbocycles. The summed E-state index contributed by atoms with van der Waals surface area (Å²) in [5.41, 5.74) is 4.96. The molecule has 3 aromatic rings. The molecule has 5 nitrogen and oxygen atoms in total. The first-order valence-corrected chi connectivity index (χ1v) is 7.86. The van der Waals surface area contributed by atoms with Gasteiger partial charge in [-0.1, -0.05) is 23.4 Å². The second-order valence-electron chi connectivity index (χ2n) is 5.73. The van der Waals surface area contributed by atoms with Crippen molar-refractivity contribution in [2.24, 2.45) is 5.16 Å². The van der Waals surface area contributed by atoms with Gasteiger partial charge >= 0.3 is 5.97 Å². The number of carbonyl (C=O) groups excluding carboxylic acids is 1. The lowest BCUT2D eigenvalue weighted by Gasteiger charge is -2.08. The molecule has 0 aliphatic carbocycles. The molecule has 0 bridgehead atoms. The van der Waals surface area contributed by atoms with Gasteiger partial charge in [0.2, 0.25) is 0 Å². The normalized spacial score (nSPS) is 11.4. The number of benzene rings is 2. The van der Waals surface area contributed by atoms with Crippen LogP contribution < -0.4 is 0 Å². The minimum Gasteiger partial charge on any atom is -0.318 e. The molecule has 0 atom stereocenters. The van der Waals surface area contributed by atoms with Gasteiger partial charge in [-0.3, -0.25) is 0 Å². The first-order valence-electron chi connectivity index (χ1n) is 7.86. The maximum atomic E-state index is 11.1. The highest BCUT2D eigenvalue weighted by atomic mass is 16.7. The third-order valence-electron chi connectivity index (χ3n) is 4.02. The van der Waals surface area contributed by atoms with E-state index in [0.29, 0.717) is 11.3 Å². The van der Waals surface area contributed by atoms with Gasteiger partial charge in [0.1, 0.15) is 0 Å². The molecule has 0 saturated heterocycles. The second-order valence-corrected chi connectivity index (χ2v) is 5.73. The Kier molecular flexibility index (Phi) is 4.36. The monoisotopic (exact) mass is 331 g/mol. The van der Waals surface area contributed by atoms with Crippen molar-refractivity contribution in [3.05, 3.63) is 65.4 Å². The first-order chi connectivity index (χ1) is 12.0. The lowest BCUT2D eigenvalue weighted by molar-refractivity contribution is -0.140. The Hall–Kier alpha value is -3.39. The Labute approximate surface area is 145 Å². The van der Waals surface area contributed by atoms with E-state index in [9.17, 15) is 10.1 Å². The van der Waals surface area contributed by atoms with Crippen molar-refractivity contribution in [3.8, 4) is 11.8 Å². The van der Waals surface area contributed by atoms with Crippen molar-refractivity contribution in [1.82, 2.24) is 4.57 Å². The van der Waals surface area contributed by atoms with E-state index in [1.807, 2.05) is 49.4 Å². The minimum atomic E-state index is -0.471. The summed E-state index contributed by atoms with van der Waals surface area (Å²) in [6.45, 7) is 5.09. The van der Waals surface area contributed by atoms with E-state index in [1.165, 1.54) is 6.92 Å². The zero-order chi connectivity index (χ0) is 18.0. The van der Waals surface area contributed by atoms with Crippen LogP contribution in [-0.2, 0) is 9.63 Å². The number of nitriles is 1. The SMILES string of the molecule is CC(=O)O/N=C(\C)c1c(C)n(-c2ccccc2)c2ccc(C#N)cc12. The highest BCUT2D eigenvalue weighted by Crippen LogP contribution is 2.30. The Morgan fingerprint density at radius 3 is 2.52 bits per heavy atom. The Morgan fingerprint density at radius 1 is 1.16 bits per heavy atom. The van der Waals surface area contributed by atoms with Gasteiger partial charge in [0, 0.05) is 29.3 Å². The average molecular weight is 331 g/mol. The van der Waals surface area contributed by atoms with Crippen molar-refractivity contribution in [3.63, 3.8) is 0 Å². The Balaban J connectivity index is 2.32. The fraction of sp³-hybridized carbons (Fsp3) is 0.150. The fourth-order valence-corrected chi connectivity index (χ4v) is 3.03. The van der Waals surface area contributed by atoms with Crippen LogP contribution >= 0.6 is 0 Å². The quantitative estimate of drug-likeness (QED) is 0.412. The number of nitrogens with zero attached hydrogens (tertiary/aromatic N) is 3. The van der Waals surface area contributed by atoms with E-state index in [0.717, 1.165) is 27.8 Å². The summed E-state index contributed by atoms with van der Waals surface area (Å²) in [5.74, 6) is -0.471. The van der Waals surface area contributed by atoms with E-state index in [-0.39, 0.29) is 0 Å². The largest absolute Gasteiger partial charge is 0.331 e. The molecule has 0 fully saturated rings. The molecule has 2 aromatic carbocycles. The molecule has 25 heavy (non-hydrogen) atoms.